The average molecular weight is 252 g/mol. The minimum absolute atomic E-state index is 0.0333. The molecule has 3 heteroatoms. The van der Waals surface area contributed by atoms with Crippen LogP contribution in [0.25, 0.3) is 0 Å². The lowest BCUT2D eigenvalue weighted by atomic mass is 9.67. The zero-order valence-corrected chi connectivity index (χ0v) is 12.2. The first-order chi connectivity index (χ1) is 7.92. The molecule has 2 N–H and O–H groups in total. The highest BCUT2D eigenvalue weighted by atomic mass is 32.1. The Bertz CT molecular complexity index is 379. The normalized spacial score (nSPS) is 33.9. The van der Waals surface area contributed by atoms with Crippen molar-refractivity contribution in [3.05, 3.63) is 15.6 Å². The van der Waals surface area contributed by atoms with Gasteiger partial charge in [0.2, 0.25) is 0 Å². The topological polar surface area (TPSA) is 38.9 Å². The van der Waals surface area contributed by atoms with Crippen molar-refractivity contribution in [1.82, 2.24) is 4.98 Å². The molecule has 1 aliphatic carbocycles. The molecule has 2 nitrogen and oxygen atoms in total. The lowest BCUT2D eigenvalue weighted by molar-refractivity contribution is 0.143. The highest BCUT2D eigenvalue weighted by Gasteiger charge is 2.38. The summed E-state index contributed by atoms with van der Waals surface area (Å²) in [6.07, 6.45) is 4.70. The van der Waals surface area contributed by atoms with Gasteiger partial charge in [-0.15, -0.1) is 11.3 Å². The number of hydrogen-bond donors (Lipinski definition) is 1. The van der Waals surface area contributed by atoms with Crippen LogP contribution >= 0.6 is 11.3 Å². The number of rotatable bonds is 2. The highest BCUT2D eigenvalue weighted by Crippen LogP contribution is 2.38. The fraction of sp³-hybridized carbons (Fsp3) is 0.786. The van der Waals surface area contributed by atoms with E-state index in [1.54, 1.807) is 0 Å². The first-order valence-corrected chi connectivity index (χ1v) is 7.46. The third-order valence-corrected chi connectivity index (χ3v) is 5.69. The first kappa shape index (κ1) is 13.0. The van der Waals surface area contributed by atoms with Crippen LogP contribution < -0.4 is 5.73 Å². The second kappa shape index (κ2) is 4.69. The Labute approximate surface area is 109 Å². The predicted molar refractivity (Wildman–Crippen MR) is 74.4 cm³/mol. The number of thiazole rings is 1. The minimum Gasteiger partial charge on any atom is -0.324 e. The Morgan fingerprint density at radius 1 is 1.41 bits per heavy atom. The number of nitrogens with zero attached hydrogens (tertiary/aromatic N) is 1. The van der Waals surface area contributed by atoms with Crippen molar-refractivity contribution in [3.8, 4) is 0 Å². The van der Waals surface area contributed by atoms with Gasteiger partial charge in [0.1, 0.15) is 0 Å². The lowest BCUT2D eigenvalue weighted by Gasteiger charge is -2.43. The van der Waals surface area contributed by atoms with Gasteiger partial charge in [-0.05, 0) is 32.1 Å². The van der Waals surface area contributed by atoms with E-state index >= 15 is 0 Å². The van der Waals surface area contributed by atoms with Crippen molar-refractivity contribution in [1.29, 1.82) is 0 Å². The molecule has 0 saturated heterocycles. The van der Waals surface area contributed by atoms with E-state index in [1.165, 1.54) is 28.4 Å². The van der Waals surface area contributed by atoms with Gasteiger partial charge in [0, 0.05) is 16.8 Å². The smallest absolute Gasteiger partial charge is 0.0949 e. The third kappa shape index (κ3) is 2.55. The van der Waals surface area contributed by atoms with E-state index in [1.807, 2.05) is 11.3 Å². The third-order valence-electron chi connectivity index (χ3n) is 4.62. The van der Waals surface area contributed by atoms with Gasteiger partial charge in [-0.25, -0.2) is 4.98 Å². The van der Waals surface area contributed by atoms with E-state index in [-0.39, 0.29) is 5.54 Å². The van der Waals surface area contributed by atoms with E-state index in [2.05, 4.69) is 32.7 Å². The number of nitrogens with two attached hydrogens (primary N) is 1. The quantitative estimate of drug-likeness (QED) is 0.875. The monoisotopic (exact) mass is 252 g/mol. The first-order valence-electron chi connectivity index (χ1n) is 6.64. The molecule has 3 atom stereocenters. The summed E-state index contributed by atoms with van der Waals surface area (Å²) in [6.45, 7) is 8.89. The second-order valence-electron chi connectivity index (χ2n) is 5.82. The molecule has 96 valence electrons. The lowest BCUT2D eigenvalue weighted by Crippen LogP contribution is -2.52. The zero-order valence-electron chi connectivity index (χ0n) is 11.4. The van der Waals surface area contributed by atoms with E-state index in [9.17, 15) is 0 Å². The Kier molecular flexibility index (Phi) is 3.60. The molecule has 0 amide bonds. The summed E-state index contributed by atoms with van der Waals surface area (Å²) in [5.41, 5.74) is 7.79. The Balaban J connectivity index is 2.15. The average Bonchev–Trinajstić information content (AvgIpc) is 2.54. The van der Waals surface area contributed by atoms with Gasteiger partial charge in [0.25, 0.3) is 0 Å². The van der Waals surface area contributed by atoms with Crippen molar-refractivity contribution < 1.29 is 0 Å². The van der Waals surface area contributed by atoms with Crippen molar-refractivity contribution in [2.75, 3.05) is 0 Å². The van der Waals surface area contributed by atoms with Crippen molar-refractivity contribution in [2.24, 2.45) is 17.6 Å². The summed E-state index contributed by atoms with van der Waals surface area (Å²) in [7, 11) is 0. The van der Waals surface area contributed by atoms with Gasteiger partial charge in [0.15, 0.2) is 0 Å². The molecular formula is C14H24N2S. The molecule has 1 aliphatic rings. The summed E-state index contributed by atoms with van der Waals surface area (Å²) in [5, 5.41) is 1.23. The molecule has 0 bridgehead atoms. The number of aromatic nitrogens is 1. The van der Waals surface area contributed by atoms with Crippen LogP contribution in [0.15, 0.2) is 0 Å². The Morgan fingerprint density at radius 3 is 2.71 bits per heavy atom. The molecule has 1 heterocycles. The maximum Gasteiger partial charge on any atom is 0.0949 e. The molecule has 1 saturated carbocycles. The van der Waals surface area contributed by atoms with Gasteiger partial charge >= 0.3 is 0 Å². The maximum absolute atomic E-state index is 6.65. The van der Waals surface area contributed by atoms with Crippen LogP contribution in [0.4, 0.5) is 0 Å². The van der Waals surface area contributed by atoms with Gasteiger partial charge in [-0.1, -0.05) is 26.7 Å². The molecule has 2 rings (SSSR count). The van der Waals surface area contributed by atoms with Gasteiger partial charge in [0.05, 0.1) is 10.7 Å². The van der Waals surface area contributed by atoms with Crippen LogP contribution in [0.5, 0.6) is 0 Å². The Morgan fingerprint density at radius 2 is 2.12 bits per heavy atom. The Hall–Kier alpha value is -0.410. The highest BCUT2D eigenvalue weighted by molar-refractivity contribution is 7.11. The number of aryl methyl sites for hydroxylation is 2. The molecule has 0 aliphatic heterocycles. The van der Waals surface area contributed by atoms with Crippen LogP contribution in [0.1, 0.15) is 48.7 Å². The molecule has 0 aromatic carbocycles. The second-order valence-corrected chi connectivity index (χ2v) is 7.11. The molecule has 1 fully saturated rings. The van der Waals surface area contributed by atoms with E-state index in [0.29, 0.717) is 5.92 Å². The molecule has 0 spiro atoms. The van der Waals surface area contributed by atoms with Crippen molar-refractivity contribution >= 4 is 11.3 Å². The molecule has 0 radical (unpaired) electrons. The van der Waals surface area contributed by atoms with E-state index < -0.39 is 0 Å². The van der Waals surface area contributed by atoms with Crippen LogP contribution in [-0.2, 0) is 6.42 Å². The number of hydrogen-bond acceptors (Lipinski definition) is 3. The summed E-state index contributed by atoms with van der Waals surface area (Å²) < 4.78 is 0. The molecule has 17 heavy (non-hydrogen) atoms. The fourth-order valence-corrected chi connectivity index (χ4v) is 4.01. The summed E-state index contributed by atoms with van der Waals surface area (Å²) in [4.78, 5) is 5.98. The molecule has 3 unspecified atom stereocenters. The molecule has 1 aromatic rings. The molecular weight excluding hydrogens is 228 g/mol. The van der Waals surface area contributed by atoms with Crippen LogP contribution in [0.2, 0.25) is 0 Å². The SMILES string of the molecule is Cc1nc(CC2(N)CCCC(C)C2C)sc1C. The van der Waals surface area contributed by atoms with Gasteiger partial charge in [-0.2, -0.15) is 0 Å². The van der Waals surface area contributed by atoms with Gasteiger partial charge < -0.3 is 5.73 Å². The zero-order chi connectivity index (χ0) is 12.6. The summed E-state index contributed by atoms with van der Waals surface area (Å²) in [5.74, 6) is 1.34. The van der Waals surface area contributed by atoms with Crippen molar-refractivity contribution in [3.63, 3.8) is 0 Å². The van der Waals surface area contributed by atoms with Crippen LogP contribution in [-0.4, -0.2) is 10.5 Å². The predicted octanol–water partition coefficient (Wildman–Crippen LogP) is 3.46. The fourth-order valence-electron chi connectivity index (χ4n) is 2.94. The van der Waals surface area contributed by atoms with E-state index in [4.69, 9.17) is 5.73 Å². The van der Waals surface area contributed by atoms with Gasteiger partial charge in [-0.3, -0.25) is 0 Å². The standard InChI is InChI=1S/C14H24N2S/c1-9-6-5-7-14(15,10(9)2)8-13-16-11(3)12(4)17-13/h9-10H,5-8,15H2,1-4H3. The minimum atomic E-state index is -0.0333. The van der Waals surface area contributed by atoms with E-state index in [0.717, 1.165) is 18.8 Å². The molecule has 1 aromatic heterocycles. The summed E-state index contributed by atoms with van der Waals surface area (Å²) >= 11 is 1.82. The van der Waals surface area contributed by atoms with Crippen LogP contribution in [0, 0.1) is 25.7 Å². The van der Waals surface area contributed by atoms with Crippen molar-refractivity contribution in [2.45, 2.75) is 58.9 Å². The van der Waals surface area contributed by atoms with Crippen LogP contribution in [0.3, 0.4) is 0 Å². The summed E-state index contributed by atoms with van der Waals surface area (Å²) in [6, 6.07) is 0. The maximum atomic E-state index is 6.65. The largest absolute Gasteiger partial charge is 0.324 e.